The smallest absolute Gasteiger partial charge is 0.257 e. The summed E-state index contributed by atoms with van der Waals surface area (Å²) in [5.41, 5.74) is 3.22. The molecule has 0 saturated carbocycles. The first-order chi connectivity index (χ1) is 14.9. The maximum Gasteiger partial charge on any atom is 0.257 e. The van der Waals surface area contributed by atoms with Gasteiger partial charge in [0.15, 0.2) is 0 Å². The zero-order valence-corrected chi connectivity index (χ0v) is 18.3. The van der Waals surface area contributed by atoms with Gasteiger partial charge in [0, 0.05) is 56.0 Å². The van der Waals surface area contributed by atoms with E-state index in [-0.39, 0.29) is 18.2 Å². The van der Waals surface area contributed by atoms with Gasteiger partial charge < -0.3 is 19.5 Å². The number of aryl methyl sites for hydroxylation is 3. The molecule has 1 saturated heterocycles. The second-order valence-corrected chi connectivity index (χ2v) is 7.85. The van der Waals surface area contributed by atoms with E-state index in [1.807, 2.05) is 20.8 Å². The van der Waals surface area contributed by atoms with Crippen LogP contribution in [-0.2, 0) is 4.79 Å². The van der Waals surface area contributed by atoms with Crippen molar-refractivity contribution in [1.29, 1.82) is 0 Å². The first-order valence-corrected chi connectivity index (χ1v) is 10.4. The quantitative estimate of drug-likeness (QED) is 0.661. The molecule has 1 N–H and O–H groups in total. The minimum absolute atomic E-state index is 0.0752. The maximum atomic E-state index is 13.3. The fraction of sp³-hybridized carbons (Fsp3) is 0.476. The molecule has 4 rings (SSSR count). The fourth-order valence-corrected chi connectivity index (χ4v) is 3.97. The molecule has 0 aromatic carbocycles. The fourth-order valence-electron chi connectivity index (χ4n) is 3.97. The van der Waals surface area contributed by atoms with Gasteiger partial charge in [-0.05, 0) is 27.7 Å². The number of amides is 2. The zero-order chi connectivity index (χ0) is 22.1. The standard InChI is InChI=1S/C21H27N7O3/c1-13-11-31-16(4)18(13)20(30)27-7-5-17(29)22-6-8-26(9-10-27)19-14(2)15(3)25-21-23-12-24-28(19)21/h11-12H,5-10H2,1-4H3,(H,22,29). The van der Waals surface area contributed by atoms with Crippen molar-refractivity contribution in [3.05, 3.63) is 40.7 Å². The largest absolute Gasteiger partial charge is 0.469 e. The zero-order valence-electron chi connectivity index (χ0n) is 18.3. The molecule has 0 atom stereocenters. The molecule has 0 unspecified atom stereocenters. The highest BCUT2D eigenvalue weighted by Gasteiger charge is 2.25. The van der Waals surface area contributed by atoms with Crippen molar-refractivity contribution >= 4 is 23.4 Å². The monoisotopic (exact) mass is 425 g/mol. The van der Waals surface area contributed by atoms with Crippen molar-refractivity contribution in [3.8, 4) is 0 Å². The van der Waals surface area contributed by atoms with Gasteiger partial charge >= 0.3 is 0 Å². The van der Waals surface area contributed by atoms with E-state index >= 15 is 0 Å². The van der Waals surface area contributed by atoms with Crippen LogP contribution < -0.4 is 10.2 Å². The van der Waals surface area contributed by atoms with E-state index < -0.39 is 0 Å². The van der Waals surface area contributed by atoms with Crippen molar-refractivity contribution in [2.45, 2.75) is 34.1 Å². The number of furan rings is 1. The van der Waals surface area contributed by atoms with Crippen molar-refractivity contribution in [2.75, 3.05) is 37.6 Å². The van der Waals surface area contributed by atoms with Gasteiger partial charge in [-0.15, -0.1) is 0 Å². The number of rotatable bonds is 2. The van der Waals surface area contributed by atoms with E-state index in [0.29, 0.717) is 49.8 Å². The molecule has 1 aliphatic heterocycles. The molecule has 0 radical (unpaired) electrons. The second-order valence-electron chi connectivity index (χ2n) is 7.85. The molecule has 2 amide bonds. The topological polar surface area (TPSA) is 109 Å². The molecule has 0 spiro atoms. The predicted molar refractivity (Wildman–Crippen MR) is 114 cm³/mol. The summed E-state index contributed by atoms with van der Waals surface area (Å²) in [5.74, 6) is 1.79. The van der Waals surface area contributed by atoms with Crippen LogP contribution in [0.15, 0.2) is 17.0 Å². The number of nitrogens with one attached hydrogen (secondary N) is 1. The van der Waals surface area contributed by atoms with Crippen molar-refractivity contribution < 1.29 is 14.0 Å². The van der Waals surface area contributed by atoms with E-state index in [9.17, 15) is 9.59 Å². The number of hydrogen-bond donors (Lipinski definition) is 1. The summed E-state index contributed by atoms with van der Waals surface area (Å²) >= 11 is 0. The van der Waals surface area contributed by atoms with Crippen LogP contribution in [0.25, 0.3) is 5.78 Å². The molecule has 0 aliphatic carbocycles. The van der Waals surface area contributed by atoms with Crippen LogP contribution in [0.4, 0.5) is 5.82 Å². The number of anilines is 1. The van der Waals surface area contributed by atoms with E-state index in [4.69, 9.17) is 4.42 Å². The van der Waals surface area contributed by atoms with Gasteiger partial charge in [-0.25, -0.2) is 4.98 Å². The first-order valence-electron chi connectivity index (χ1n) is 10.4. The highest BCUT2D eigenvalue weighted by Crippen LogP contribution is 2.23. The van der Waals surface area contributed by atoms with Crippen LogP contribution in [-0.4, -0.2) is 69.0 Å². The van der Waals surface area contributed by atoms with Crippen molar-refractivity contribution in [2.24, 2.45) is 0 Å². The van der Waals surface area contributed by atoms with Crippen molar-refractivity contribution in [3.63, 3.8) is 0 Å². The maximum absolute atomic E-state index is 13.3. The third-order valence-electron chi connectivity index (χ3n) is 5.79. The van der Waals surface area contributed by atoms with Gasteiger partial charge in [0.25, 0.3) is 11.7 Å². The van der Waals surface area contributed by atoms with Gasteiger partial charge in [-0.3, -0.25) is 9.59 Å². The van der Waals surface area contributed by atoms with Crippen LogP contribution in [0.3, 0.4) is 0 Å². The van der Waals surface area contributed by atoms with E-state index in [1.165, 1.54) is 6.33 Å². The summed E-state index contributed by atoms with van der Waals surface area (Å²) in [6.07, 6.45) is 3.34. The lowest BCUT2D eigenvalue weighted by atomic mass is 10.1. The molecule has 10 nitrogen and oxygen atoms in total. The Hall–Kier alpha value is -3.43. The van der Waals surface area contributed by atoms with Crippen LogP contribution in [0.1, 0.15) is 39.4 Å². The minimum atomic E-state index is -0.120. The molecule has 1 fully saturated rings. The summed E-state index contributed by atoms with van der Waals surface area (Å²) in [6.45, 7) is 10.0. The third-order valence-corrected chi connectivity index (χ3v) is 5.79. The molecular weight excluding hydrogens is 398 g/mol. The molecule has 10 heteroatoms. The lowest BCUT2D eigenvalue weighted by molar-refractivity contribution is -0.121. The van der Waals surface area contributed by atoms with Gasteiger partial charge in [-0.1, -0.05) is 0 Å². The highest BCUT2D eigenvalue weighted by molar-refractivity contribution is 5.96. The first kappa shape index (κ1) is 20.8. The average molecular weight is 425 g/mol. The molecule has 164 valence electrons. The SMILES string of the molecule is Cc1coc(C)c1C(=O)N1CCC(=O)NCCN(c2c(C)c(C)nc3ncnn23)CC1. The number of carbonyl (C=O) groups excluding carboxylic acids is 2. The lowest BCUT2D eigenvalue weighted by Gasteiger charge is -2.31. The highest BCUT2D eigenvalue weighted by atomic mass is 16.3. The number of fused-ring (bicyclic) bond motifs is 1. The number of carbonyl (C=O) groups is 2. The number of nitrogens with zero attached hydrogens (tertiary/aromatic N) is 6. The summed E-state index contributed by atoms with van der Waals surface area (Å²) < 4.78 is 7.14. The Bertz CT molecular complexity index is 1110. The predicted octanol–water partition coefficient (Wildman–Crippen LogP) is 1.42. The molecule has 0 bridgehead atoms. The Balaban J connectivity index is 1.67. The molecule has 3 aromatic rings. The van der Waals surface area contributed by atoms with Crippen molar-refractivity contribution in [1.82, 2.24) is 29.8 Å². The summed E-state index contributed by atoms with van der Waals surface area (Å²) in [7, 11) is 0. The summed E-state index contributed by atoms with van der Waals surface area (Å²) in [4.78, 5) is 38.2. The average Bonchev–Trinajstić information content (AvgIpc) is 3.33. The van der Waals surface area contributed by atoms with Gasteiger partial charge in [0.1, 0.15) is 17.9 Å². The lowest BCUT2D eigenvalue weighted by Crippen LogP contribution is -2.46. The number of hydrogen-bond acceptors (Lipinski definition) is 7. The van der Waals surface area contributed by atoms with Crippen LogP contribution in [0, 0.1) is 27.7 Å². The van der Waals surface area contributed by atoms with E-state index in [0.717, 1.165) is 22.6 Å². The molecule has 3 aromatic heterocycles. The third kappa shape index (κ3) is 3.97. The van der Waals surface area contributed by atoms with Crippen LogP contribution in [0.2, 0.25) is 0 Å². The van der Waals surface area contributed by atoms with Gasteiger partial charge in [0.05, 0.1) is 11.8 Å². The van der Waals surface area contributed by atoms with Gasteiger partial charge in [0.2, 0.25) is 5.91 Å². The molecule has 1 aliphatic rings. The Morgan fingerprint density at radius 3 is 2.68 bits per heavy atom. The minimum Gasteiger partial charge on any atom is -0.469 e. The Morgan fingerprint density at radius 2 is 1.94 bits per heavy atom. The normalized spacial score (nSPS) is 15.9. The summed E-state index contributed by atoms with van der Waals surface area (Å²) in [6, 6.07) is 0. The van der Waals surface area contributed by atoms with Crippen LogP contribution in [0.5, 0.6) is 0 Å². The Morgan fingerprint density at radius 1 is 1.13 bits per heavy atom. The Labute approximate surface area is 180 Å². The Kier molecular flexibility index (Phi) is 5.62. The van der Waals surface area contributed by atoms with Crippen LogP contribution >= 0.6 is 0 Å². The molecular formula is C21H27N7O3. The van der Waals surface area contributed by atoms with E-state index in [2.05, 4.69) is 25.3 Å². The molecule has 4 heterocycles. The summed E-state index contributed by atoms with van der Waals surface area (Å²) in [5, 5.41) is 7.29. The molecule has 31 heavy (non-hydrogen) atoms. The number of aromatic nitrogens is 4. The van der Waals surface area contributed by atoms with E-state index in [1.54, 1.807) is 22.6 Å². The second kappa shape index (κ2) is 8.37. The van der Waals surface area contributed by atoms with Gasteiger partial charge in [-0.2, -0.15) is 14.6 Å².